The van der Waals surface area contributed by atoms with Gasteiger partial charge in [0.25, 0.3) is 0 Å². The molecule has 0 aliphatic heterocycles. The van der Waals surface area contributed by atoms with Crippen molar-refractivity contribution in [3.8, 4) is 0 Å². The topological polar surface area (TPSA) is 17.1 Å². The number of carbonyl (C=O) groups excluding carboxylic acids is 1. The van der Waals surface area contributed by atoms with Crippen LogP contribution in [0.1, 0.15) is 28.8 Å². The van der Waals surface area contributed by atoms with Crippen molar-refractivity contribution in [2.24, 2.45) is 0 Å². The van der Waals surface area contributed by atoms with E-state index in [1.807, 2.05) is 42.5 Å². The zero-order valence-corrected chi connectivity index (χ0v) is 12.2. The van der Waals surface area contributed by atoms with Gasteiger partial charge in [0.05, 0.1) is 0 Å². The predicted molar refractivity (Wildman–Crippen MR) is 82.9 cm³/mol. The van der Waals surface area contributed by atoms with E-state index in [-0.39, 0.29) is 5.78 Å². The lowest BCUT2D eigenvalue weighted by Gasteiger charge is -2.07. The van der Waals surface area contributed by atoms with E-state index in [0.717, 1.165) is 12.0 Å². The minimum Gasteiger partial charge on any atom is -0.294 e. The van der Waals surface area contributed by atoms with Crippen LogP contribution in [0.5, 0.6) is 0 Å². The Kier molecular flexibility index (Phi) is 4.80. The molecule has 2 rings (SSSR count). The standard InChI is InChI=1S/C17H18OS/c1-13-11-15(9-10-17(13)19-2)16(18)12-14-7-5-3-4-6-8-14/h3-7,9-11H,8,12H2,1-2H3. The first-order valence-electron chi connectivity index (χ1n) is 6.40. The second-order valence-electron chi connectivity index (χ2n) is 4.63. The third kappa shape index (κ3) is 3.71. The third-order valence-corrected chi connectivity index (χ3v) is 4.07. The Morgan fingerprint density at radius 2 is 2.11 bits per heavy atom. The predicted octanol–water partition coefficient (Wildman–Crippen LogP) is 4.73. The summed E-state index contributed by atoms with van der Waals surface area (Å²) in [5.41, 5.74) is 3.16. The van der Waals surface area contributed by atoms with Gasteiger partial charge < -0.3 is 0 Å². The van der Waals surface area contributed by atoms with Crippen LogP contribution in [0.25, 0.3) is 0 Å². The Hall–Kier alpha value is -1.54. The van der Waals surface area contributed by atoms with Crippen molar-refractivity contribution in [1.29, 1.82) is 0 Å². The van der Waals surface area contributed by atoms with E-state index >= 15 is 0 Å². The van der Waals surface area contributed by atoms with E-state index in [9.17, 15) is 4.79 Å². The summed E-state index contributed by atoms with van der Waals surface area (Å²) >= 11 is 1.71. The molecular formula is C17H18OS. The summed E-state index contributed by atoms with van der Waals surface area (Å²) in [6.45, 7) is 2.05. The molecule has 0 unspecified atom stereocenters. The molecule has 0 fully saturated rings. The lowest BCUT2D eigenvalue weighted by Crippen LogP contribution is -2.01. The fraction of sp³-hybridized carbons (Fsp3) is 0.235. The van der Waals surface area contributed by atoms with Crippen LogP contribution in [0.2, 0.25) is 0 Å². The van der Waals surface area contributed by atoms with Crippen LogP contribution in [0, 0.1) is 6.92 Å². The van der Waals surface area contributed by atoms with Crippen molar-refractivity contribution < 1.29 is 4.79 Å². The Balaban J connectivity index is 2.12. The van der Waals surface area contributed by atoms with Crippen molar-refractivity contribution in [3.05, 3.63) is 65.3 Å². The van der Waals surface area contributed by atoms with Gasteiger partial charge in [-0.2, -0.15) is 0 Å². The lowest BCUT2D eigenvalue weighted by molar-refractivity contribution is 0.0992. The maximum atomic E-state index is 12.3. The molecule has 1 aromatic carbocycles. The number of hydrogen-bond acceptors (Lipinski definition) is 2. The molecule has 1 aliphatic rings. The van der Waals surface area contributed by atoms with Crippen LogP contribution < -0.4 is 0 Å². The molecule has 1 aromatic rings. The van der Waals surface area contributed by atoms with Crippen LogP contribution in [-0.2, 0) is 0 Å². The fourth-order valence-corrected chi connectivity index (χ4v) is 2.70. The van der Waals surface area contributed by atoms with E-state index in [1.54, 1.807) is 11.8 Å². The quantitative estimate of drug-likeness (QED) is 0.581. The van der Waals surface area contributed by atoms with Crippen molar-refractivity contribution in [2.45, 2.75) is 24.7 Å². The molecule has 0 bridgehead atoms. The number of Topliss-reactive ketones (excluding diaryl/α,β-unsaturated/α-hetero) is 1. The number of carbonyl (C=O) groups is 1. The van der Waals surface area contributed by atoms with Gasteiger partial charge >= 0.3 is 0 Å². The van der Waals surface area contributed by atoms with Crippen LogP contribution in [0.4, 0.5) is 0 Å². The summed E-state index contributed by atoms with van der Waals surface area (Å²) in [4.78, 5) is 13.5. The highest BCUT2D eigenvalue weighted by Crippen LogP contribution is 2.22. The molecule has 1 aliphatic carbocycles. The minimum absolute atomic E-state index is 0.200. The van der Waals surface area contributed by atoms with Gasteiger partial charge in [-0.3, -0.25) is 4.79 Å². The van der Waals surface area contributed by atoms with Gasteiger partial charge in [-0.05, 0) is 37.3 Å². The van der Waals surface area contributed by atoms with E-state index in [1.165, 1.54) is 16.0 Å². The van der Waals surface area contributed by atoms with Crippen molar-refractivity contribution in [3.63, 3.8) is 0 Å². The van der Waals surface area contributed by atoms with Gasteiger partial charge in [0.15, 0.2) is 5.78 Å². The summed E-state index contributed by atoms with van der Waals surface area (Å²) in [5, 5.41) is 0. The number of rotatable bonds is 4. The Bertz CT molecular complexity index is 565. The second-order valence-corrected chi connectivity index (χ2v) is 5.47. The number of hydrogen-bond donors (Lipinski definition) is 0. The summed E-state index contributed by atoms with van der Waals surface area (Å²) in [7, 11) is 0. The van der Waals surface area contributed by atoms with Crippen molar-refractivity contribution >= 4 is 17.5 Å². The number of ketones is 1. The Morgan fingerprint density at radius 1 is 1.26 bits per heavy atom. The van der Waals surface area contributed by atoms with Crippen molar-refractivity contribution in [1.82, 2.24) is 0 Å². The highest BCUT2D eigenvalue weighted by molar-refractivity contribution is 7.98. The van der Waals surface area contributed by atoms with E-state index in [2.05, 4.69) is 19.3 Å². The molecular weight excluding hydrogens is 252 g/mol. The maximum Gasteiger partial charge on any atom is 0.166 e. The van der Waals surface area contributed by atoms with E-state index in [0.29, 0.717) is 6.42 Å². The van der Waals surface area contributed by atoms with Gasteiger partial charge in [0.1, 0.15) is 0 Å². The summed E-state index contributed by atoms with van der Waals surface area (Å²) in [6, 6.07) is 5.97. The van der Waals surface area contributed by atoms with Crippen LogP contribution >= 0.6 is 11.8 Å². The molecule has 19 heavy (non-hydrogen) atoms. The Morgan fingerprint density at radius 3 is 2.84 bits per heavy atom. The van der Waals surface area contributed by atoms with Gasteiger partial charge in [0, 0.05) is 16.9 Å². The average molecular weight is 270 g/mol. The van der Waals surface area contributed by atoms with Crippen LogP contribution in [0.3, 0.4) is 0 Å². The molecule has 98 valence electrons. The largest absolute Gasteiger partial charge is 0.294 e. The highest BCUT2D eigenvalue weighted by atomic mass is 32.2. The summed E-state index contributed by atoms with van der Waals surface area (Å²) < 4.78 is 0. The smallest absolute Gasteiger partial charge is 0.166 e. The molecule has 0 heterocycles. The molecule has 0 saturated heterocycles. The van der Waals surface area contributed by atoms with Gasteiger partial charge in [-0.1, -0.05) is 42.0 Å². The molecule has 0 radical (unpaired) electrons. The first-order valence-corrected chi connectivity index (χ1v) is 7.62. The normalized spacial score (nSPS) is 14.1. The highest BCUT2D eigenvalue weighted by Gasteiger charge is 2.10. The molecule has 0 atom stereocenters. The molecule has 1 nitrogen and oxygen atoms in total. The molecule has 0 amide bonds. The average Bonchev–Trinajstić information content (AvgIpc) is 2.67. The second kappa shape index (κ2) is 6.58. The summed E-state index contributed by atoms with van der Waals surface area (Å²) in [5.74, 6) is 0.200. The first kappa shape index (κ1) is 13.9. The molecule has 0 N–H and O–H groups in total. The monoisotopic (exact) mass is 270 g/mol. The SMILES string of the molecule is CSc1ccc(C(=O)CC2=CC=CC=CC2)cc1C. The minimum atomic E-state index is 0.200. The number of aryl methyl sites for hydroxylation is 1. The maximum absolute atomic E-state index is 12.3. The number of allylic oxidation sites excluding steroid dienone is 6. The number of thioether (sulfide) groups is 1. The van der Waals surface area contributed by atoms with Crippen LogP contribution in [-0.4, -0.2) is 12.0 Å². The third-order valence-electron chi connectivity index (χ3n) is 3.17. The molecule has 0 aromatic heterocycles. The van der Waals surface area contributed by atoms with Crippen LogP contribution in [0.15, 0.2) is 59.0 Å². The summed E-state index contributed by atoms with van der Waals surface area (Å²) in [6.07, 6.45) is 13.6. The molecule has 2 heteroatoms. The molecule has 0 spiro atoms. The first-order chi connectivity index (χ1) is 9.20. The molecule has 0 saturated carbocycles. The zero-order chi connectivity index (χ0) is 13.7. The van der Waals surface area contributed by atoms with E-state index < -0.39 is 0 Å². The Labute approximate surface area is 119 Å². The zero-order valence-electron chi connectivity index (χ0n) is 11.3. The lowest BCUT2D eigenvalue weighted by atomic mass is 10.00. The van der Waals surface area contributed by atoms with E-state index in [4.69, 9.17) is 0 Å². The van der Waals surface area contributed by atoms with Gasteiger partial charge in [-0.15, -0.1) is 11.8 Å². The fourth-order valence-electron chi connectivity index (χ4n) is 2.11. The number of benzene rings is 1. The van der Waals surface area contributed by atoms with Gasteiger partial charge in [-0.25, -0.2) is 0 Å². The van der Waals surface area contributed by atoms with Gasteiger partial charge in [0.2, 0.25) is 0 Å². The van der Waals surface area contributed by atoms with Crippen molar-refractivity contribution in [2.75, 3.05) is 6.26 Å².